The first-order valence-electron chi connectivity index (χ1n) is 7.11. The molecule has 1 aromatic rings. The molecule has 1 aromatic heterocycles. The molecule has 7 heteroatoms. The fraction of sp³-hybridized carbons (Fsp3) is 0.786. The molecule has 0 unspecified atom stereocenters. The number of nitrogens with two attached hydrogens (primary N) is 1. The van der Waals surface area contributed by atoms with Crippen molar-refractivity contribution in [1.82, 2.24) is 19.9 Å². The van der Waals surface area contributed by atoms with Gasteiger partial charge in [-0.1, -0.05) is 32.9 Å². The van der Waals surface area contributed by atoms with Crippen molar-refractivity contribution < 1.29 is 4.79 Å². The summed E-state index contributed by atoms with van der Waals surface area (Å²) in [5.41, 5.74) is 5.99. The topological polar surface area (TPSA) is 77.0 Å². The molecule has 0 radical (unpaired) electrons. The van der Waals surface area contributed by atoms with Crippen LogP contribution in [0.2, 0.25) is 0 Å². The van der Waals surface area contributed by atoms with Gasteiger partial charge >= 0.3 is 0 Å². The van der Waals surface area contributed by atoms with Gasteiger partial charge in [0.15, 0.2) is 5.69 Å². The van der Waals surface area contributed by atoms with Crippen LogP contribution in [-0.2, 0) is 6.54 Å². The summed E-state index contributed by atoms with van der Waals surface area (Å²) in [6.07, 6.45) is 2.74. The Morgan fingerprint density at radius 2 is 2.10 bits per heavy atom. The lowest BCUT2D eigenvalue weighted by atomic mass is 9.93. The van der Waals surface area contributed by atoms with Gasteiger partial charge in [0.05, 0.1) is 6.20 Å². The van der Waals surface area contributed by atoms with Gasteiger partial charge in [-0.2, -0.15) is 0 Å². The first-order valence-corrected chi connectivity index (χ1v) is 7.11. The summed E-state index contributed by atoms with van der Waals surface area (Å²) in [5.74, 6) is 0.494. The molecule has 0 bridgehead atoms. The number of hydrogen-bond donors (Lipinski definition) is 1. The van der Waals surface area contributed by atoms with Crippen molar-refractivity contribution in [3.05, 3.63) is 11.9 Å². The van der Waals surface area contributed by atoms with Crippen molar-refractivity contribution in [1.29, 1.82) is 0 Å². The molecule has 0 aliphatic rings. The Bertz CT molecular complexity index is 444. The molecule has 0 aliphatic heterocycles. The maximum atomic E-state index is 12.3. The molecule has 1 amide bonds. The van der Waals surface area contributed by atoms with Gasteiger partial charge in [-0.05, 0) is 24.3 Å². The number of rotatable bonds is 7. The first kappa shape index (κ1) is 19.9. The predicted molar refractivity (Wildman–Crippen MR) is 86.5 cm³/mol. The van der Waals surface area contributed by atoms with Crippen molar-refractivity contribution in [3.63, 3.8) is 0 Å². The van der Waals surface area contributed by atoms with E-state index in [0.29, 0.717) is 24.7 Å². The van der Waals surface area contributed by atoms with Gasteiger partial charge in [0.25, 0.3) is 5.91 Å². The molecule has 0 atom stereocenters. The van der Waals surface area contributed by atoms with E-state index in [-0.39, 0.29) is 23.7 Å². The van der Waals surface area contributed by atoms with Crippen molar-refractivity contribution in [3.8, 4) is 0 Å². The van der Waals surface area contributed by atoms with E-state index in [2.05, 4.69) is 24.2 Å². The zero-order valence-electron chi connectivity index (χ0n) is 13.7. The lowest BCUT2D eigenvalue weighted by Crippen LogP contribution is -2.39. The largest absolute Gasteiger partial charge is 0.340 e. The number of aryl methyl sites for hydroxylation is 1. The standard InChI is InChI=1S/C14H27N5O.ClH/c1-11(2)6-7-19-8-12(16-17-19)13(20)18(5)10-14(3,4)9-15;/h8,11H,6-7,9-10,15H2,1-5H3;1H. The van der Waals surface area contributed by atoms with Gasteiger partial charge in [-0.25, -0.2) is 0 Å². The molecule has 0 fully saturated rings. The molecule has 0 aromatic carbocycles. The van der Waals surface area contributed by atoms with Crippen molar-refractivity contribution in [2.75, 3.05) is 20.1 Å². The van der Waals surface area contributed by atoms with Gasteiger partial charge in [0.1, 0.15) is 0 Å². The molecule has 1 rings (SSSR count). The fourth-order valence-electron chi connectivity index (χ4n) is 1.87. The summed E-state index contributed by atoms with van der Waals surface area (Å²) >= 11 is 0. The average molecular weight is 318 g/mol. The van der Waals surface area contributed by atoms with Gasteiger partial charge < -0.3 is 10.6 Å². The normalized spacial score (nSPS) is 11.4. The molecular weight excluding hydrogens is 290 g/mol. The third-order valence-corrected chi connectivity index (χ3v) is 3.26. The first-order chi connectivity index (χ1) is 9.25. The van der Waals surface area contributed by atoms with E-state index in [1.54, 1.807) is 22.8 Å². The van der Waals surface area contributed by atoms with Gasteiger partial charge in [-0.3, -0.25) is 9.48 Å². The highest BCUT2D eigenvalue weighted by atomic mass is 35.5. The summed E-state index contributed by atoms with van der Waals surface area (Å²) in [7, 11) is 1.77. The molecule has 0 spiro atoms. The summed E-state index contributed by atoms with van der Waals surface area (Å²) in [6, 6.07) is 0. The minimum Gasteiger partial charge on any atom is -0.340 e. The number of hydrogen-bond acceptors (Lipinski definition) is 4. The van der Waals surface area contributed by atoms with Crippen molar-refractivity contribution >= 4 is 18.3 Å². The Morgan fingerprint density at radius 1 is 1.48 bits per heavy atom. The van der Waals surface area contributed by atoms with Gasteiger partial charge in [-0.15, -0.1) is 17.5 Å². The number of halogens is 1. The second-order valence-electron chi connectivity index (χ2n) is 6.58. The number of amides is 1. The minimum absolute atomic E-state index is 0. The van der Waals surface area contributed by atoms with E-state index in [4.69, 9.17) is 5.73 Å². The van der Waals surface area contributed by atoms with Crippen LogP contribution < -0.4 is 5.73 Å². The number of carbonyl (C=O) groups excluding carboxylic acids is 1. The summed E-state index contributed by atoms with van der Waals surface area (Å²) in [4.78, 5) is 13.9. The third-order valence-electron chi connectivity index (χ3n) is 3.26. The van der Waals surface area contributed by atoms with Crippen LogP contribution in [0.3, 0.4) is 0 Å². The van der Waals surface area contributed by atoms with E-state index < -0.39 is 0 Å². The van der Waals surface area contributed by atoms with Gasteiger partial charge in [0.2, 0.25) is 0 Å². The average Bonchev–Trinajstić information content (AvgIpc) is 2.83. The second-order valence-corrected chi connectivity index (χ2v) is 6.58. The van der Waals surface area contributed by atoms with Crippen LogP contribution in [0.4, 0.5) is 0 Å². The SMILES string of the molecule is CC(C)CCn1cc(C(=O)N(C)CC(C)(C)CN)nn1.Cl. The minimum atomic E-state index is -0.109. The van der Waals surface area contributed by atoms with Crippen molar-refractivity contribution in [2.24, 2.45) is 17.1 Å². The highest BCUT2D eigenvalue weighted by molar-refractivity contribution is 5.91. The van der Waals surface area contributed by atoms with Crippen LogP contribution in [0.25, 0.3) is 0 Å². The molecule has 0 aliphatic carbocycles. The predicted octanol–water partition coefficient (Wildman–Crippen LogP) is 1.80. The molecule has 21 heavy (non-hydrogen) atoms. The zero-order valence-corrected chi connectivity index (χ0v) is 14.5. The maximum absolute atomic E-state index is 12.3. The highest BCUT2D eigenvalue weighted by Gasteiger charge is 2.23. The zero-order chi connectivity index (χ0) is 15.3. The highest BCUT2D eigenvalue weighted by Crippen LogP contribution is 2.15. The summed E-state index contributed by atoms with van der Waals surface area (Å²) in [5, 5.41) is 7.96. The Labute approximate surface area is 133 Å². The summed E-state index contributed by atoms with van der Waals surface area (Å²) in [6.45, 7) is 10.3. The van der Waals surface area contributed by atoms with Crippen LogP contribution in [0.15, 0.2) is 6.20 Å². The smallest absolute Gasteiger partial charge is 0.275 e. The van der Waals surface area contributed by atoms with Crippen LogP contribution in [0, 0.1) is 11.3 Å². The van der Waals surface area contributed by atoms with Crippen LogP contribution in [0.1, 0.15) is 44.6 Å². The Hall–Kier alpha value is -1.14. The Balaban J connectivity index is 0.00000400. The quantitative estimate of drug-likeness (QED) is 0.832. The van der Waals surface area contributed by atoms with Gasteiger partial charge in [0, 0.05) is 20.1 Å². The van der Waals surface area contributed by atoms with Crippen molar-refractivity contribution in [2.45, 2.75) is 40.7 Å². The number of nitrogens with zero attached hydrogens (tertiary/aromatic N) is 4. The van der Waals surface area contributed by atoms with E-state index in [9.17, 15) is 4.79 Å². The van der Waals surface area contributed by atoms with Crippen LogP contribution in [-0.4, -0.2) is 45.9 Å². The Morgan fingerprint density at radius 3 is 2.62 bits per heavy atom. The third kappa shape index (κ3) is 6.44. The fourth-order valence-corrected chi connectivity index (χ4v) is 1.87. The molecule has 0 saturated carbocycles. The van der Waals surface area contributed by atoms with E-state index in [0.717, 1.165) is 13.0 Å². The van der Waals surface area contributed by atoms with E-state index in [1.807, 2.05) is 13.8 Å². The monoisotopic (exact) mass is 317 g/mol. The molecule has 6 nitrogen and oxygen atoms in total. The molecule has 1 heterocycles. The van der Waals surface area contributed by atoms with Crippen LogP contribution in [0.5, 0.6) is 0 Å². The van der Waals surface area contributed by atoms with E-state index >= 15 is 0 Å². The van der Waals surface area contributed by atoms with Crippen LogP contribution >= 0.6 is 12.4 Å². The van der Waals surface area contributed by atoms with E-state index in [1.165, 1.54) is 0 Å². The lowest BCUT2D eigenvalue weighted by Gasteiger charge is -2.28. The number of carbonyl (C=O) groups is 1. The summed E-state index contributed by atoms with van der Waals surface area (Å²) < 4.78 is 1.73. The Kier molecular flexibility index (Phi) is 7.89. The maximum Gasteiger partial charge on any atom is 0.275 e. The number of aromatic nitrogens is 3. The molecule has 2 N–H and O–H groups in total. The molecular formula is C14H28ClN5O. The molecule has 0 saturated heterocycles. The molecule has 122 valence electrons. The second kappa shape index (κ2) is 8.34. The lowest BCUT2D eigenvalue weighted by molar-refractivity contribution is 0.0734.